The number of benzene rings is 5. The fourth-order valence-corrected chi connectivity index (χ4v) is 5.52. The second kappa shape index (κ2) is 12.8. The lowest BCUT2D eigenvalue weighted by Gasteiger charge is -2.26. The van der Waals surface area contributed by atoms with E-state index in [1.807, 2.05) is 24.3 Å². The zero-order chi connectivity index (χ0) is 30.5. The van der Waals surface area contributed by atoms with Crippen LogP contribution in [0.25, 0.3) is 17.7 Å². The second-order valence-electron chi connectivity index (χ2n) is 11.3. The summed E-state index contributed by atoms with van der Waals surface area (Å²) >= 11 is 0. The zero-order valence-electron chi connectivity index (χ0n) is 25.4. The summed E-state index contributed by atoms with van der Waals surface area (Å²) in [5, 5.41) is 8.99. The van der Waals surface area contributed by atoms with Crippen LogP contribution in [0.2, 0.25) is 0 Å². The summed E-state index contributed by atoms with van der Waals surface area (Å²) in [7, 11) is 0. The minimum atomic E-state index is -0.960. The van der Waals surface area contributed by atoms with E-state index in [2.05, 4.69) is 131 Å². The summed E-state index contributed by atoms with van der Waals surface area (Å²) in [6.07, 6.45) is 5.04. The highest BCUT2D eigenvalue weighted by atomic mass is 16.4. The van der Waals surface area contributed by atoms with Gasteiger partial charge in [-0.25, -0.2) is 4.79 Å². The maximum Gasteiger partial charge on any atom is 0.328 e. The molecule has 0 aromatic heterocycles. The molecule has 0 heterocycles. The van der Waals surface area contributed by atoms with E-state index in [0.29, 0.717) is 0 Å². The van der Waals surface area contributed by atoms with Crippen molar-refractivity contribution in [2.75, 3.05) is 4.90 Å². The van der Waals surface area contributed by atoms with Crippen LogP contribution in [-0.2, 0) is 4.79 Å². The molecule has 43 heavy (non-hydrogen) atoms. The van der Waals surface area contributed by atoms with Crippen LogP contribution in [0.3, 0.4) is 0 Å². The van der Waals surface area contributed by atoms with Gasteiger partial charge in [0.25, 0.3) is 0 Å². The molecule has 0 atom stereocenters. The normalized spacial score (nSPS) is 11.0. The van der Waals surface area contributed by atoms with Gasteiger partial charge in [0.2, 0.25) is 0 Å². The summed E-state index contributed by atoms with van der Waals surface area (Å²) in [5.41, 5.74) is 14.9. The van der Waals surface area contributed by atoms with Crippen molar-refractivity contribution < 1.29 is 9.90 Å². The Kier molecular flexibility index (Phi) is 8.73. The van der Waals surface area contributed by atoms with Gasteiger partial charge in [0.1, 0.15) is 0 Å². The van der Waals surface area contributed by atoms with Gasteiger partial charge in [0.15, 0.2) is 0 Å². The third kappa shape index (κ3) is 7.38. The number of nitrogens with zero attached hydrogens (tertiary/aromatic N) is 1. The van der Waals surface area contributed by atoms with E-state index < -0.39 is 5.97 Å². The molecule has 0 aliphatic rings. The number of rotatable bonds is 8. The van der Waals surface area contributed by atoms with Gasteiger partial charge in [-0.1, -0.05) is 101 Å². The molecule has 5 aromatic rings. The van der Waals surface area contributed by atoms with Crippen LogP contribution in [-0.4, -0.2) is 11.1 Å². The Morgan fingerprint density at radius 2 is 0.930 bits per heavy atom. The molecule has 3 heteroatoms. The largest absolute Gasteiger partial charge is 0.478 e. The van der Waals surface area contributed by atoms with E-state index in [0.717, 1.165) is 34.3 Å². The second-order valence-corrected chi connectivity index (χ2v) is 11.3. The van der Waals surface area contributed by atoms with Crippen molar-refractivity contribution in [3.63, 3.8) is 0 Å². The first-order valence-electron chi connectivity index (χ1n) is 14.5. The summed E-state index contributed by atoms with van der Waals surface area (Å²) in [4.78, 5) is 13.2. The number of hydrogen-bond acceptors (Lipinski definition) is 2. The molecule has 0 amide bonds. The molecule has 0 aliphatic heterocycles. The highest BCUT2D eigenvalue weighted by molar-refractivity contribution is 5.92. The molecule has 1 N–H and O–H groups in total. The van der Waals surface area contributed by atoms with Gasteiger partial charge in [-0.05, 0) is 111 Å². The number of carboxylic acids is 1. The summed E-state index contributed by atoms with van der Waals surface area (Å²) < 4.78 is 0. The molecular weight excluding hydrogens is 526 g/mol. The highest BCUT2D eigenvalue weighted by Gasteiger charge is 2.13. The Balaban J connectivity index is 1.57. The lowest BCUT2D eigenvalue weighted by Crippen LogP contribution is -2.09. The lowest BCUT2D eigenvalue weighted by molar-refractivity contribution is -0.131. The Morgan fingerprint density at radius 3 is 1.35 bits per heavy atom. The van der Waals surface area contributed by atoms with E-state index >= 15 is 0 Å². The minimum Gasteiger partial charge on any atom is -0.478 e. The maximum absolute atomic E-state index is 11.0. The fraction of sp³-hybridized carbons (Fsp3) is 0.125. The molecule has 0 saturated heterocycles. The van der Waals surface area contributed by atoms with Gasteiger partial charge >= 0.3 is 5.97 Å². The Morgan fingerprint density at radius 1 is 0.535 bits per heavy atom. The van der Waals surface area contributed by atoms with Crippen molar-refractivity contribution in [2.45, 2.75) is 34.6 Å². The van der Waals surface area contributed by atoms with E-state index in [1.54, 1.807) is 6.08 Å². The maximum atomic E-state index is 11.0. The Hall–Kier alpha value is -5.15. The first kappa shape index (κ1) is 29.3. The number of carboxylic acid groups (broad SMARTS) is 1. The van der Waals surface area contributed by atoms with E-state index in [9.17, 15) is 4.79 Å². The van der Waals surface area contributed by atoms with Crippen molar-refractivity contribution in [3.8, 4) is 0 Å². The number of carbonyl (C=O) groups is 1. The van der Waals surface area contributed by atoms with Crippen LogP contribution in [0.4, 0.5) is 17.1 Å². The van der Waals surface area contributed by atoms with Gasteiger partial charge in [0.05, 0.1) is 0 Å². The number of aryl methyl sites for hydroxylation is 5. The first-order valence-corrected chi connectivity index (χ1v) is 14.5. The summed E-state index contributed by atoms with van der Waals surface area (Å²) in [6.45, 7) is 10.7. The standard InChI is InChI=1S/C40H37NO2/c1-27-6-13-36(14-7-27)41(37-15-8-32(9-16-37)12-19-40(42)43)38-17-10-33(11-18-38)26-39(34-22-28(2)20-29(3)23-34)35-24-30(4)21-31(5)25-35/h6-26H,1-5H3,(H,42,43). The van der Waals surface area contributed by atoms with Crippen LogP contribution < -0.4 is 4.90 Å². The SMILES string of the molecule is Cc1ccc(N(c2ccc(C=CC(=O)O)cc2)c2ccc(C=C(c3cc(C)cc(C)c3)c3cc(C)cc(C)c3)cc2)cc1. The third-order valence-electron chi connectivity index (χ3n) is 7.39. The molecule has 5 aromatic carbocycles. The van der Waals surface area contributed by atoms with Crippen LogP contribution in [0.1, 0.15) is 50.1 Å². The van der Waals surface area contributed by atoms with Crippen molar-refractivity contribution in [2.24, 2.45) is 0 Å². The van der Waals surface area contributed by atoms with Gasteiger partial charge in [-0.3, -0.25) is 0 Å². The topological polar surface area (TPSA) is 40.5 Å². The van der Waals surface area contributed by atoms with Crippen molar-refractivity contribution >= 4 is 40.8 Å². The first-order chi connectivity index (χ1) is 20.6. The monoisotopic (exact) mass is 563 g/mol. The average Bonchev–Trinajstić information content (AvgIpc) is 2.96. The number of anilines is 3. The molecule has 0 radical (unpaired) electrons. The number of aliphatic carboxylic acids is 1. The van der Waals surface area contributed by atoms with Crippen LogP contribution >= 0.6 is 0 Å². The minimum absolute atomic E-state index is 0.834. The van der Waals surface area contributed by atoms with Crippen molar-refractivity contribution in [3.05, 3.63) is 165 Å². The molecule has 5 rings (SSSR count). The van der Waals surface area contributed by atoms with Crippen LogP contribution in [0, 0.1) is 34.6 Å². The molecule has 0 fully saturated rings. The third-order valence-corrected chi connectivity index (χ3v) is 7.39. The van der Waals surface area contributed by atoms with Gasteiger partial charge in [0, 0.05) is 23.1 Å². The smallest absolute Gasteiger partial charge is 0.328 e. The van der Waals surface area contributed by atoms with Crippen molar-refractivity contribution in [1.82, 2.24) is 0 Å². The van der Waals surface area contributed by atoms with Gasteiger partial charge in [-0.15, -0.1) is 0 Å². The lowest BCUT2D eigenvalue weighted by atomic mass is 9.91. The van der Waals surface area contributed by atoms with Crippen molar-refractivity contribution in [1.29, 1.82) is 0 Å². The molecular formula is C40H37NO2. The average molecular weight is 564 g/mol. The summed E-state index contributed by atoms with van der Waals surface area (Å²) in [5.74, 6) is -0.960. The molecule has 0 bridgehead atoms. The number of hydrogen-bond donors (Lipinski definition) is 1. The predicted octanol–water partition coefficient (Wildman–Crippen LogP) is 10.4. The van der Waals surface area contributed by atoms with E-state index in [1.165, 1.54) is 44.5 Å². The predicted molar refractivity (Wildman–Crippen MR) is 181 cm³/mol. The molecule has 0 spiro atoms. The van der Waals surface area contributed by atoms with E-state index in [-0.39, 0.29) is 0 Å². The fourth-order valence-electron chi connectivity index (χ4n) is 5.52. The molecule has 0 saturated carbocycles. The summed E-state index contributed by atoms with van der Waals surface area (Å²) in [6, 6.07) is 38.5. The van der Waals surface area contributed by atoms with Crippen LogP contribution in [0.15, 0.2) is 115 Å². The van der Waals surface area contributed by atoms with Gasteiger partial charge in [-0.2, -0.15) is 0 Å². The molecule has 214 valence electrons. The molecule has 0 unspecified atom stereocenters. The Bertz CT molecular complexity index is 1720. The quantitative estimate of drug-likeness (QED) is 0.151. The zero-order valence-corrected chi connectivity index (χ0v) is 25.4. The van der Waals surface area contributed by atoms with E-state index in [4.69, 9.17) is 5.11 Å². The highest BCUT2D eigenvalue weighted by Crippen LogP contribution is 2.36. The Labute approximate surface area is 255 Å². The van der Waals surface area contributed by atoms with Gasteiger partial charge < -0.3 is 10.0 Å². The molecule has 3 nitrogen and oxygen atoms in total. The van der Waals surface area contributed by atoms with Crippen LogP contribution in [0.5, 0.6) is 0 Å². The molecule has 0 aliphatic carbocycles.